The van der Waals surface area contributed by atoms with Gasteiger partial charge in [-0.2, -0.15) is 13.2 Å². The van der Waals surface area contributed by atoms with Crippen molar-refractivity contribution in [3.8, 4) is 0 Å². The lowest BCUT2D eigenvalue weighted by atomic mass is 10.0. The zero-order valence-electron chi connectivity index (χ0n) is 11.5. The van der Waals surface area contributed by atoms with E-state index in [2.05, 4.69) is 0 Å². The van der Waals surface area contributed by atoms with Crippen LogP contribution in [-0.2, 0) is 0 Å². The van der Waals surface area contributed by atoms with E-state index in [1.807, 2.05) is 6.92 Å². The van der Waals surface area contributed by atoms with Gasteiger partial charge in [0.05, 0.1) is 0 Å². The molecule has 108 valence electrons. The van der Waals surface area contributed by atoms with Crippen molar-refractivity contribution in [1.29, 1.82) is 0 Å². The number of nitrogens with zero attached hydrogens (tertiary/aromatic N) is 1. The molecule has 0 spiro atoms. The highest BCUT2D eigenvalue weighted by Crippen LogP contribution is 2.25. The number of nitrogens with two attached hydrogens (primary N) is 1. The average Bonchev–Trinajstić information content (AvgIpc) is 2.34. The molecule has 0 saturated carbocycles. The molecular weight excluding hydrogens is 253 g/mol. The van der Waals surface area contributed by atoms with Crippen LogP contribution in [-0.4, -0.2) is 18.8 Å². The number of benzene rings is 1. The van der Waals surface area contributed by atoms with E-state index in [9.17, 15) is 13.2 Å². The Balaban J connectivity index is 2.92. The first-order chi connectivity index (χ1) is 8.74. The highest BCUT2D eigenvalue weighted by Gasteiger charge is 2.32. The molecule has 19 heavy (non-hydrogen) atoms. The quantitative estimate of drug-likeness (QED) is 0.883. The van der Waals surface area contributed by atoms with Crippen LogP contribution < -0.4 is 10.6 Å². The molecule has 0 heterocycles. The van der Waals surface area contributed by atoms with Crippen LogP contribution in [0.2, 0.25) is 0 Å². The highest BCUT2D eigenvalue weighted by atomic mass is 19.4. The Morgan fingerprint density at radius 2 is 1.68 bits per heavy atom. The van der Waals surface area contributed by atoms with Crippen LogP contribution in [0.4, 0.5) is 18.9 Å². The van der Waals surface area contributed by atoms with Gasteiger partial charge in [0.1, 0.15) is 6.54 Å². The largest absolute Gasteiger partial charge is 0.405 e. The summed E-state index contributed by atoms with van der Waals surface area (Å²) in [5, 5.41) is 0. The van der Waals surface area contributed by atoms with E-state index in [-0.39, 0.29) is 12.1 Å². The van der Waals surface area contributed by atoms with Crippen LogP contribution in [0.25, 0.3) is 0 Å². The number of rotatable bonds is 5. The summed E-state index contributed by atoms with van der Waals surface area (Å²) in [5.74, 6) is 0. The lowest BCUT2D eigenvalue weighted by Crippen LogP contribution is -2.39. The number of halogens is 3. The first kappa shape index (κ1) is 15.8. The maximum atomic E-state index is 12.6. The zero-order chi connectivity index (χ0) is 14.6. The van der Waals surface area contributed by atoms with Crippen LogP contribution in [0.3, 0.4) is 0 Å². The Bertz CT molecular complexity index is 385. The zero-order valence-corrected chi connectivity index (χ0v) is 11.5. The van der Waals surface area contributed by atoms with E-state index < -0.39 is 12.7 Å². The third-order valence-corrected chi connectivity index (χ3v) is 3.07. The van der Waals surface area contributed by atoms with Gasteiger partial charge in [-0.05, 0) is 38.0 Å². The molecule has 0 aliphatic heterocycles. The maximum absolute atomic E-state index is 12.6. The summed E-state index contributed by atoms with van der Waals surface area (Å²) in [6.45, 7) is 4.53. The van der Waals surface area contributed by atoms with E-state index in [0.29, 0.717) is 5.69 Å². The van der Waals surface area contributed by atoms with Crippen molar-refractivity contribution in [3.05, 3.63) is 29.8 Å². The molecule has 0 unspecified atom stereocenters. The van der Waals surface area contributed by atoms with Crippen molar-refractivity contribution in [2.24, 2.45) is 5.73 Å². The molecule has 0 amide bonds. The average molecular weight is 274 g/mol. The minimum atomic E-state index is -4.21. The van der Waals surface area contributed by atoms with Gasteiger partial charge in [0, 0.05) is 17.8 Å². The molecule has 0 aromatic heterocycles. The summed E-state index contributed by atoms with van der Waals surface area (Å²) in [6.07, 6.45) is -3.40. The third-order valence-electron chi connectivity index (χ3n) is 3.07. The van der Waals surface area contributed by atoms with Crippen molar-refractivity contribution in [1.82, 2.24) is 0 Å². The van der Waals surface area contributed by atoms with Gasteiger partial charge < -0.3 is 10.6 Å². The monoisotopic (exact) mass is 274 g/mol. The van der Waals surface area contributed by atoms with Gasteiger partial charge in [0.15, 0.2) is 0 Å². The molecule has 1 aromatic rings. The topological polar surface area (TPSA) is 29.3 Å². The number of anilines is 1. The second kappa shape index (κ2) is 6.28. The first-order valence-electron chi connectivity index (χ1n) is 6.43. The fourth-order valence-corrected chi connectivity index (χ4v) is 1.91. The van der Waals surface area contributed by atoms with Crippen LogP contribution in [0.15, 0.2) is 24.3 Å². The number of alkyl halides is 3. The smallest absolute Gasteiger partial charge is 0.360 e. The van der Waals surface area contributed by atoms with Crippen LogP contribution >= 0.6 is 0 Å². The van der Waals surface area contributed by atoms with Crippen LogP contribution in [0.5, 0.6) is 0 Å². The summed E-state index contributed by atoms with van der Waals surface area (Å²) < 4.78 is 37.7. The molecule has 0 aliphatic carbocycles. The lowest BCUT2D eigenvalue weighted by molar-refractivity contribution is -0.120. The van der Waals surface area contributed by atoms with Gasteiger partial charge in [0.2, 0.25) is 0 Å². The predicted molar refractivity (Wildman–Crippen MR) is 72.2 cm³/mol. The van der Waals surface area contributed by atoms with Crippen molar-refractivity contribution >= 4 is 5.69 Å². The molecule has 0 bridgehead atoms. The van der Waals surface area contributed by atoms with Crippen molar-refractivity contribution in [2.45, 2.75) is 45.5 Å². The Kier molecular flexibility index (Phi) is 5.23. The molecule has 1 atom stereocenters. The predicted octanol–water partition coefficient (Wildman–Crippen LogP) is 3.87. The van der Waals surface area contributed by atoms with Crippen molar-refractivity contribution in [2.75, 3.05) is 11.4 Å². The van der Waals surface area contributed by atoms with Gasteiger partial charge in [-0.1, -0.05) is 19.1 Å². The second-order valence-electron chi connectivity index (χ2n) is 4.94. The van der Waals surface area contributed by atoms with Gasteiger partial charge in [-0.25, -0.2) is 0 Å². The standard InChI is InChI=1S/C14H21F3N2/c1-4-13(18)11-5-7-12(8-6-11)19(10(2)3)9-14(15,16)17/h5-8,10,13H,4,9,18H2,1-3H3/t13-/m0/s1. The maximum Gasteiger partial charge on any atom is 0.405 e. The molecule has 5 heteroatoms. The van der Waals surface area contributed by atoms with E-state index >= 15 is 0 Å². The second-order valence-corrected chi connectivity index (χ2v) is 4.94. The molecule has 0 aliphatic rings. The molecule has 2 N–H and O–H groups in total. The molecular formula is C14H21F3N2. The van der Waals surface area contributed by atoms with Crippen molar-refractivity contribution < 1.29 is 13.2 Å². The molecule has 1 aromatic carbocycles. The van der Waals surface area contributed by atoms with Gasteiger partial charge in [-0.3, -0.25) is 0 Å². The third kappa shape index (κ3) is 4.74. The minimum absolute atomic E-state index is 0.0656. The van der Waals surface area contributed by atoms with Crippen LogP contribution in [0.1, 0.15) is 38.8 Å². The SMILES string of the molecule is CC[C@H](N)c1ccc(N(CC(F)(F)F)C(C)C)cc1. The van der Waals surface area contributed by atoms with Crippen LogP contribution in [0, 0.1) is 0 Å². The summed E-state index contributed by atoms with van der Waals surface area (Å²) in [4.78, 5) is 1.33. The summed E-state index contributed by atoms with van der Waals surface area (Å²) >= 11 is 0. The van der Waals surface area contributed by atoms with E-state index in [1.54, 1.807) is 38.1 Å². The van der Waals surface area contributed by atoms with Crippen molar-refractivity contribution in [3.63, 3.8) is 0 Å². The van der Waals surface area contributed by atoms with Gasteiger partial charge in [-0.15, -0.1) is 0 Å². The fraction of sp³-hybridized carbons (Fsp3) is 0.571. The fourth-order valence-electron chi connectivity index (χ4n) is 1.91. The summed E-state index contributed by atoms with van der Waals surface area (Å²) in [6, 6.07) is 6.73. The molecule has 2 nitrogen and oxygen atoms in total. The minimum Gasteiger partial charge on any atom is -0.360 e. The molecule has 0 fully saturated rings. The van der Waals surface area contributed by atoms with Gasteiger partial charge in [0.25, 0.3) is 0 Å². The molecule has 1 rings (SSSR count). The molecule has 0 saturated heterocycles. The first-order valence-corrected chi connectivity index (χ1v) is 6.43. The summed E-state index contributed by atoms with van der Waals surface area (Å²) in [7, 11) is 0. The van der Waals surface area contributed by atoms with Gasteiger partial charge >= 0.3 is 6.18 Å². The number of hydrogen-bond acceptors (Lipinski definition) is 2. The Morgan fingerprint density at radius 1 is 1.16 bits per heavy atom. The Morgan fingerprint density at radius 3 is 2.05 bits per heavy atom. The Labute approximate surface area is 112 Å². The molecule has 0 radical (unpaired) electrons. The normalized spacial score (nSPS) is 13.7. The number of hydrogen-bond donors (Lipinski definition) is 1. The highest BCUT2D eigenvalue weighted by molar-refractivity contribution is 5.49. The van der Waals surface area contributed by atoms with E-state index in [1.165, 1.54) is 4.90 Å². The van der Waals surface area contributed by atoms with E-state index in [0.717, 1.165) is 12.0 Å². The Hall–Kier alpha value is -1.23. The lowest BCUT2D eigenvalue weighted by Gasteiger charge is -2.30. The van der Waals surface area contributed by atoms with E-state index in [4.69, 9.17) is 5.73 Å². The summed E-state index contributed by atoms with van der Waals surface area (Å²) in [5.41, 5.74) is 7.40.